The van der Waals surface area contributed by atoms with Crippen LogP contribution in [0.25, 0.3) is 0 Å². The topological polar surface area (TPSA) is 55.1 Å². The monoisotopic (exact) mass is 208 g/mol. The Balaban J connectivity index is 2.16. The van der Waals surface area contributed by atoms with E-state index in [4.69, 9.17) is 5.11 Å². The Morgan fingerprint density at radius 3 is 2.87 bits per heavy atom. The maximum absolute atomic E-state index is 10.6. The minimum absolute atomic E-state index is 0.0819. The van der Waals surface area contributed by atoms with Gasteiger partial charge in [-0.15, -0.1) is 0 Å². The molecule has 0 amide bonds. The third-order valence-electron chi connectivity index (χ3n) is 3.06. The second-order valence-electron chi connectivity index (χ2n) is 4.23. The number of hydrogen-bond donors (Lipinski definition) is 1. The van der Waals surface area contributed by atoms with Gasteiger partial charge in [-0.05, 0) is 19.8 Å². The summed E-state index contributed by atoms with van der Waals surface area (Å²) < 4.78 is 1.96. The predicted octanol–water partition coefficient (Wildman–Crippen LogP) is 1.93. The summed E-state index contributed by atoms with van der Waals surface area (Å²) in [7, 11) is 0. The van der Waals surface area contributed by atoms with Crippen LogP contribution in [0.4, 0.5) is 0 Å². The molecule has 82 valence electrons. The molecule has 1 aliphatic rings. The Morgan fingerprint density at radius 1 is 1.60 bits per heavy atom. The lowest BCUT2D eigenvalue weighted by Crippen LogP contribution is -2.05. The van der Waals surface area contributed by atoms with Crippen LogP contribution in [0.15, 0.2) is 6.20 Å². The van der Waals surface area contributed by atoms with Crippen LogP contribution in [0, 0.1) is 6.92 Å². The maximum Gasteiger partial charge on any atom is 0.307 e. The van der Waals surface area contributed by atoms with E-state index in [1.165, 1.54) is 25.7 Å². The molecule has 1 N–H and O–H groups in total. The van der Waals surface area contributed by atoms with E-state index >= 15 is 0 Å². The minimum atomic E-state index is -0.788. The summed E-state index contributed by atoms with van der Waals surface area (Å²) in [4.78, 5) is 10.6. The van der Waals surface area contributed by atoms with Crippen molar-refractivity contribution in [3.05, 3.63) is 17.5 Å². The molecule has 4 heteroatoms. The lowest BCUT2D eigenvalue weighted by Gasteiger charge is -2.08. The zero-order valence-corrected chi connectivity index (χ0v) is 8.94. The van der Waals surface area contributed by atoms with Gasteiger partial charge in [-0.25, -0.2) is 0 Å². The molecule has 1 fully saturated rings. The van der Waals surface area contributed by atoms with E-state index in [1.807, 2.05) is 17.8 Å². The Kier molecular flexibility index (Phi) is 2.75. The van der Waals surface area contributed by atoms with Crippen molar-refractivity contribution in [2.75, 3.05) is 0 Å². The number of carboxylic acids is 1. The van der Waals surface area contributed by atoms with Crippen LogP contribution in [0.1, 0.15) is 43.0 Å². The zero-order valence-electron chi connectivity index (χ0n) is 8.94. The number of aromatic nitrogens is 2. The van der Waals surface area contributed by atoms with Gasteiger partial charge in [0.25, 0.3) is 0 Å². The first-order valence-electron chi connectivity index (χ1n) is 5.43. The number of rotatable bonds is 3. The van der Waals surface area contributed by atoms with Gasteiger partial charge >= 0.3 is 5.97 Å². The highest BCUT2D eigenvalue weighted by atomic mass is 16.4. The highest BCUT2D eigenvalue weighted by Gasteiger charge is 2.19. The van der Waals surface area contributed by atoms with Crippen LogP contribution in [-0.2, 0) is 11.2 Å². The number of aliphatic carboxylic acids is 1. The Morgan fingerprint density at radius 2 is 2.27 bits per heavy atom. The van der Waals surface area contributed by atoms with Crippen LogP contribution in [0.5, 0.6) is 0 Å². The third kappa shape index (κ3) is 2.19. The average Bonchev–Trinajstić information content (AvgIpc) is 2.75. The lowest BCUT2D eigenvalue weighted by molar-refractivity contribution is -0.136. The predicted molar refractivity (Wildman–Crippen MR) is 55.8 cm³/mol. The van der Waals surface area contributed by atoms with E-state index in [1.54, 1.807) is 0 Å². The SMILES string of the molecule is Cc1nn(C2CCCC2)cc1CC(=O)O. The van der Waals surface area contributed by atoms with Crippen LogP contribution >= 0.6 is 0 Å². The Hall–Kier alpha value is -1.32. The summed E-state index contributed by atoms with van der Waals surface area (Å²) in [5.41, 5.74) is 1.69. The van der Waals surface area contributed by atoms with Crippen LogP contribution in [-0.4, -0.2) is 20.9 Å². The molecule has 1 heterocycles. The zero-order chi connectivity index (χ0) is 10.8. The van der Waals surface area contributed by atoms with Crippen LogP contribution < -0.4 is 0 Å². The van der Waals surface area contributed by atoms with Crippen molar-refractivity contribution >= 4 is 5.97 Å². The summed E-state index contributed by atoms with van der Waals surface area (Å²) in [6, 6.07) is 0.492. The lowest BCUT2D eigenvalue weighted by atomic mass is 10.2. The van der Waals surface area contributed by atoms with E-state index < -0.39 is 5.97 Å². The van der Waals surface area contributed by atoms with E-state index in [0.29, 0.717) is 6.04 Å². The smallest absolute Gasteiger partial charge is 0.307 e. The third-order valence-corrected chi connectivity index (χ3v) is 3.06. The molecule has 0 aliphatic heterocycles. The fourth-order valence-corrected chi connectivity index (χ4v) is 2.21. The number of carboxylic acid groups (broad SMARTS) is 1. The van der Waals surface area contributed by atoms with Gasteiger partial charge in [-0.3, -0.25) is 9.48 Å². The van der Waals surface area contributed by atoms with Gasteiger partial charge < -0.3 is 5.11 Å². The number of hydrogen-bond acceptors (Lipinski definition) is 2. The summed E-state index contributed by atoms with van der Waals surface area (Å²) >= 11 is 0. The van der Waals surface area contributed by atoms with Gasteiger partial charge in [0, 0.05) is 11.8 Å². The molecular formula is C11H16N2O2. The van der Waals surface area contributed by atoms with Crippen LogP contribution in [0.2, 0.25) is 0 Å². The average molecular weight is 208 g/mol. The first-order chi connectivity index (χ1) is 7.16. The first kappa shape index (κ1) is 10.2. The summed E-state index contributed by atoms with van der Waals surface area (Å²) in [5.74, 6) is -0.788. The van der Waals surface area contributed by atoms with Gasteiger partial charge in [0.1, 0.15) is 0 Å². The number of aryl methyl sites for hydroxylation is 1. The van der Waals surface area contributed by atoms with Crippen molar-refractivity contribution < 1.29 is 9.90 Å². The molecule has 1 aromatic heterocycles. The van der Waals surface area contributed by atoms with Crippen molar-refractivity contribution in [1.82, 2.24) is 9.78 Å². The second-order valence-corrected chi connectivity index (χ2v) is 4.23. The second kappa shape index (κ2) is 4.04. The first-order valence-corrected chi connectivity index (χ1v) is 5.43. The molecule has 0 bridgehead atoms. The van der Waals surface area contributed by atoms with Gasteiger partial charge in [0.2, 0.25) is 0 Å². The molecule has 15 heavy (non-hydrogen) atoms. The molecule has 1 aromatic rings. The molecule has 0 atom stereocenters. The Labute approximate surface area is 88.9 Å². The largest absolute Gasteiger partial charge is 0.481 e. The summed E-state index contributed by atoms with van der Waals surface area (Å²) in [5, 5.41) is 13.1. The van der Waals surface area contributed by atoms with Crippen LogP contribution in [0.3, 0.4) is 0 Å². The molecule has 0 radical (unpaired) electrons. The maximum atomic E-state index is 10.6. The quantitative estimate of drug-likeness (QED) is 0.825. The van der Waals surface area contributed by atoms with Crippen molar-refractivity contribution in [1.29, 1.82) is 0 Å². The number of nitrogens with zero attached hydrogens (tertiary/aromatic N) is 2. The highest BCUT2D eigenvalue weighted by molar-refractivity contribution is 5.70. The van der Waals surface area contributed by atoms with E-state index in [2.05, 4.69) is 5.10 Å². The molecule has 0 saturated heterocycles. The molecule has 1 aliphatic carbocycles. The van der Waals surface area contributed by atoms with E-state index in [-0.39, 0.29) is 6.42 Å². The highest BCUT2D eigenvalue weighted by Crippen LogP contribution is 2.29. The van der Waals surface area contributed by atoms with Gasteiger partial charge in [-0.1, -0.05) is 12.8 Å². The molecule has 1 saturated carbocycles. The van der Waals surface area contributed by atoms with E-state index in [9.17, 15) is 4.79 Å². The van der Waals surface area contributed by atoms with Crippen molar-refractivity contribution in [2.45, 2.75) is 45.1 Å². The summed E-state index contributed by atoms with van der Waals surface area (Å²) in [6.45, 7) is 1.88. The summed E-state index contributed by atoms with van der Waals surface area (Å²) in [6.07, 6.45) is 6.86. The molecule has 4 nitrogen and oxygen atoms in total. The normalized spacial score (nSPS) is 17.1. The van der Waals surface area contributed by atoms with Crippen molar-refractivity contribution in [3.8, 4) is 0 Å². The van der Waals surface area contributed by atoms with Crippen molar-refractivity contribution in [3.63, 3.8) is 0 Å². The molecule has 0 unspecified atom stereocenters. The minimum Gasteiger partial charge on any atom is -0.481 e. The standard InChI is InChI=1S/C11H16N2O2/c1-8-9(6-11(14)15)7-13(12-8)10-4-2-3-5-10/h7,10H,2-6H2,1H3,(H,14,15). The molecule has 2 rings (SSSR count). The Bertz CT molecular complexity index is 365. The van der Waals surface area contributed by atoms with E-state index in [0.717, 1.165) is 11.3 Å². The number of carbonyl (C=O) groups is 1. The molecule has 0 aromatic carbocycles. The fraction of sp³-hybridized carbons (Fsp3) is 0.636. The van der Waals surface area contributed by atoms with Gasteiger partial charge in [0.15, 0.2) is 0 Å². The van der Waals surface area contributed by atoms with Gasteiger partial charge in [-0.2, -0.15) is 5.10 Å². The van der Waals surface area contributed by atoms with Gasteiger partial charge in [0.05, 0.1) is 18.2 Å². The van der Waals surface area contributed by atoms with Crippen molar-refractivity contribution in [2.24, 2.45) is 0 Å². The fourth-order valence-electron chi connectivity index (χ4n) is 2.21. The molecular weight excluding hydrogens is 192 g/mol. The molecule has 0 spiro atoms.